The molecule has 2 nitrogen and oxygen atoms in total. The third-order valence-corrected chi connectivity index (χ3v) is 4.06. The van der Waals surface area contributed by atoms with Crippen LogP contribution in [-0.4, -0.2) is 24.5 Å². The number of likely N-dealkylation sites (N-methyl/N-ethyl adjacent to an activating group) is 1. The lowest BCUT2D eigenvalue weighted by molar-refractivity contribution is 0.141. The fraction of sp³-hybridized carbons (Fsp3) is 0.600. The average Bonchev–Trinajstić information content (AvgIpc) is 2.30. The Morgan fingerprint density at radius 2 is 1.89 bits per heavy atom. The first kappa shape index (κ1) is 14.4. The number of rotatable bonds is 6. The molecule has 1 saturated carbocycles. The number of nitrogens with zero attached hydrogens (tertiary/aromatic N) is 1. The van der Waals surface area contributed by atoms with Gasteiger partial charge in [-0.2, -0.15) is 0 Å². The van der Waals surface area contributed by atoms with Crippen molar-refractivity contribution in [3.8, 4) is 0 Å². The van der Waals surface area contributed by atoms with Gasteiger partial charge in [0.25, 0.3) is 0 Å². The van der Waals surface area contributed by atoms with Crippen molar-refractivity contribution in [2.24, 2.45) is 11.7 Å². The molecule has 0 aromatic heterocycles. The van der Waals surface area contributed by atoms with Crippen LogP contribution in [-0.2, 0) is 0 Å². The third kappa shape index (κ3) is 3.51. The van der Waals surface area contributed by atoms with Crippen molar-refractivity contribution in [3.63, 3.8) is 0 Å². The van der Waals surface area contributed by atoms with Crippen LogP contribution >= 0.6 is 0 Å². The van der Waals surface area contributed by atoms with Gasteiger partial charge in [0.15, 0.2) is 0 Å². The van der Waals surface area contributed by atoms with Crippen molar-refractivity contribution < 1.29 is 8.78 Å². The minimum atomic E-state index is -0.534. The van der Waals surface area contributed by atoms with Gasteiger partial charge in [-0.25, -0.2) is 8.78 Å². The summed E-state index contributed by atoms with van der Waals surface area (Å²) >= 11 is 0. The van der Waals surface area contributed by atoms with E-state index in [1.807, 2.05) is 0 Å². The topological polar surface area (TPSA) is 29.3 Å². The summed E-state index contributed by atoms with van der Waals surface area (Å²) in [5, 5.41) is 0. The molecule has 1 fully saturated rings. The van der Waals surface area contributed by atoms with Gasteiger partial charge >= 0.3 is 0 Å². The molecule has 1 unspecified atom stereocenters. The molecule has 0 aliphatic heterocycles. The van der Waals surface area contributed by atoms with Crippen LogP contribution in [0.1, 0.15) is 37.8 Å². The second-order valence-corrected chi connectivity index (χ2v) is 5.34. The van der Waals surface area contributed by atoms with E-state index < -0.39 is 11.6 Å². The smallest absolute Gasteiger partial charge is 0.126 e. The van der Waals surface area contributed by atoms with Crippen LogP contribution in [0.5, 0.6) is 0 Å². The monoisotopic (exact) mass is 268 g/mol. The molecular weight excluding hydrogens is 246 g/mol. The van der Waals surface area contributed by atoms with Crippen LogP contribution in [0.15, 0.2) is 18.2 Å². The maximum Gasteiger partial charge on any atom is 0.126 e. The lowest BCUT2D eigenvalue weighted by atomic mass is 9.84. The maximum absolute atomic E-state index is 13.3. The molecule has 0 heterocycles. The molecule has 19 heavy (non-hydrogen) atoms. The number of hydrogen-bond acceptors (Lipinski definition) is 2. The molecule has 1 atom stereocenters. The van der Waals surface area contributed by atoms with Gasteiger partial charge < -0.3 is 5.73 Å². The van der Waals surface area contributed by atoms with E-state index in [1.165, 1.54) is 31.4 Å². The lowest BCUT2D eigenvalue weighted by Crippen LogP contribution is -2.38. The van der Waals surface area contributed by atoms with Gasteiger partial charge in [-0.1, -0.05) is 13.3 Å². The Morgan fingerprint density at radius 1 is 1.26 bits per heavy atom. The van der Waals surface area contributed by atoms with Gasteiger partial charge in [0.2, 0.25) is 0 Å². The van der Waals surface area contributed by atoms with Crippen molar-refractivity contribution in [1.82, 2.24) is 4.90 Å². The van der Waals surface area contributed by atoms with E-state index in [1.54, 1.807) is 0 Å². The maximum atomic E-state index is 13.3. The molecule has 0 radical (unpaired) electrons. The van der Waals surface area contributed by atoms with Crippen molar-refractivity contribution >= 4 is 0 Å². The predicted octanol–water partition coefficient (Wildman–Crippen LogP) is 3.09. The van der Waals surface area contributed by atoms with Crippen molar-refractivity contribution in [2.45, 2.75) is 32.2 Å². The minimum absolute atomic E-state index is 0.101. The quantitative estimate of drug-likeness (QED) is 0.859. The normalized spacial score (nSPS) is 17.5. The van der Waals surface area contributed by atoms with E-state index in [0.717, 1.165) is 19.2 Å². The zero-order chi connectivity index (χ0) is 13.8. The Bertz CT molecular complexity index is 398. The summed E-state index contributed by atoms with van der Waals surface area (Å²) in [6.45, 7) is 4.26. The Balaban J connectivity index is 2.15. The summed E-state index contributed by atoms with van der Waals surface area (Å²) in [7, 11) is 0. The van der Waals surface area contributed by atoms with E-state index in [-0.39, 0.29) is 6.04 Å². The molecule has 2 N–H and O–H groups in total. The fourth-order valence-corrected chi connectivity index (χ4v) is 2.75. The number of nitrogens with two attached hydrogens (primary N) is 1. The Kier molecular flexibility index (Phi) is 4.88. The predicted molar refractivity (Wildman–Crippen MR) is 72.7 cm³/mol. The van der Waals surface area contributed by atoms with Crippen LogP contribution in [0.3, 0.4) is 0 Å². The second kappa shape index (κ2) is 6.44. The van der Waals surface area contributed by atoms with Crippen molar-refractivity contribution in [1.29, 1.82) is 0 Å². The molecular formula is C15H22F2N2. The van der Waals surface area contributed by atoms with Crippen LogP contribution in [0.4, 0.5) is 8.78 Å². The van der Waals surface area contributed by atoms with Crippen molar-refractivity contribution in [3.05, 3.63) is 35.4 Å². The third-order valence-electron chi connectivity index (χ3n) is 4.06. The Labute approximate surface area is 113 Å². The van der Waals surface area contributed by atoms with E-state index in [0.29, 0.717) is 18.0 Å². The Hall–Kier alpha value is -1.00. The second-order valence-electron chi connectivity index (χ2n) is 5.34. The molecule has 106 valence electrons. The number of benzene rings is 1. The molecule has 1 aromatic rings. The first-order chi connectivity index (χ1) is 9.13. The SMILES string of the molecule is CCN(CC1CCC1)C(CN)c1cc(F)cc(F)c1. The largest absolute Gasteiger partial charge is 0.329 e. The van der Waals surface area contributed by atoms with Crippen LogP contribution < -0.4 is 5.73 Å². The minimum Gasteiger partial charge on any atom is -0.329 e. The van der Waals surface area contributed by atoms with Crippen LogP contribution in [0, 0.1) is 17.6 Å². The molecule has 0 spiro atoms. The molecule has 4 heteroatoms. The highest BCUT2D eigenvalue weighted by Crippen LogP contribution is 2.30. The van der Waals surface area contributed by atoms with Gasteiger partial charge in [-0.3, -0.25) is 4.90 Å². The van der Waals surface area contributed by atoms with Gasteiger partial charge in [0, 0.05) is 25.2 Å². The molecule has 1 aliphatic carbocycles. The number of hydrogen-bond donors (Lipinski definition) is 1. The summed E-state index contributed by atoms with van der Waals surface area (Å²) in [6.07, 6.45) is 3.81. The summed E-state index contributed by atoms with van der Waals surface area (Å²) in [5.74, 6) is -0.353. The molecule has 1 aliphatic rings. The van der Waals surface area contributed by atoms with E-state index in [2.05, 4.69) is 11.8 Å². The molecule has 0 saturated heterocycles. The molecule has 0 bridgehead atoms. The standard InChI is InChI=1S/C15H22F2N2/c1-2-19(10-11-4-3-5-11)15(9-18)12-6-13(16)8-14(17)7-12/h6-8,11,15H,2-5,9-10,18H2,1H3. The van der Waals surface area contributed by atoms with Gasteiger partial charge in [-0.15, -0.1) is 0 Å². The highest BCUT2D eigenvalue weighted by Gasteiger charge is 2.25. The summed E-state index contributed by atoms with van der Waals surface area (Å²) in [5.41, 5.74) is 6.47. The average molecular weight is 268 g/mol. The molecule has 0 amide bonds. The van der Waals surface area contributed by atoms with E-state index in [4.69, 9.17) is 5.73 Å². The van der Waals surface area contributed by atoms with Gasteiger partial charge in [0.1, 0.15) is 11.6 Å². The fourth-order valence-electron chi connectivity index (χ4n) is 2.75. The lowest BCUT2D eigenvalue weighted by Gasteiger charge is -2.36. The zero-order valence-electron chi connectivity index (χ0n) is 11.4. The number of halogens is 2. The van der Waals surface area contributed by atoms with E-state index >= 15 is 0 Å². The summed E-state index contributed by atoms with van der Waals surface area (Å²) in [6, 6.07) is 3.59. The highest BCUT2D eigenvalue weighted by atomic mass is 19.1. The van der Waals surface area contributed by atoms with Gasteiger partial charge in [-0.05, 0) is 43.0 Å². The first-order valence-electron chi connectivity index (χ1n) is 7.04. The summed E-state index contributed by atoms with van der Waals surface area (Å²) in [4.78, 5) is 2.23. The first-order valence-corrected chi connectivity index (χ1v) is 7.04. The van der Waals surface area contributed by atoms with Crippen LogP contribution in [0.25, 0.3) is 0 Å². The molecule has 2 rings (SSSR count). The Morgan fingerprint density at radius 3 is 2.32 bits per heavy atom. The van der Waals surface area contributed by atoms with Crippen LogP contribution in [0.2, 0.25) is 0 Å². The van der Waals surface area contributed by atoms with E-state index in [9.17, 15) is 8.78 Å². The highest BCUT2D eigenvalue weighted by molar-refractivity contribution is 5.22. The zero-order valence-corrected chi connectivity index (χ0v) is 11.4. The van der Waals surface area contributed by atoms with Gasteiger partial charge in [0.05, 0.1) is 0 Å². The van der Waals surface area contributed by atoms with Crippen molar-refractivity contribution in [2.75, 3.05) is 19.6 Å². The summed E-state index contributed by atoms with van der Waals surface area (Å²) < 4.78 is 26.7. The molecule has 1 aromatic carbocycles.